The maximum Gasteiger partial charge on any atom is 0.229 e. The number of methoxy groups -OCH3 is 1. The van der Waals surface area contributed by atoms with Gasteiger partial charge < -0.3 is 14.4 Å². The first-order valence-corrected chi connectivity index (χ1v) is 7.38. The minimum atomic E-state index is -0.216. The normalized spacial score (nSPS) is 11.0. The maximum absolute atomic E-state index is 12.6. The number of allylic oxidation sites excluding steroid dienone is 1. The van der Waals surface area contributed by atoms with Gasteiger partial charge in [0.15, 0.2) is 5.76 Å². The summed E-state index contributed by atoms with van der Waals surface area (Å²) < 4.78 is 10.9. The molecule has 4 nitrogen and oxygen atoms in total. The Morgan fingerprint density at radius 2 is 1.57 bits per heavy atom. The molecule has 2 aromatic carbocycles. The van der Waals surface area contributed by atoms with E-state index in [1.54, 1.807) is 66.7 Å². The van der Waals surface area contributed by atoms with E-state index in [1.807, 2.05) is 14.1 Å². The zero-order valence-corrected chi connectivity index (χ0v) is 14.0. The molecule has 120 valence electrons. The molecule has 0 aliphatic rings. The minimum absolute atomic E-state index is 0.216. The van der Waals surface area contributed by atoms with Crippen molar-refractivity contribution < 1.29 is 14.3 Å². The molecule has 0 aromatic heterocycles. The molecule has 0 heterocycles. The predicted molar refractivity (Wildman–Crippen MR) is 91.2 cm³/mol. The van der Waals surface area contributed by atoms with Crippen LogP contribution in [-0.4, -0.2) is 31.9 Å². The van der Waals surface area contributed by atoms with E-state index in [4.69, 9.17) is 21.1 Å². The van der Waals surface area contributed by atoms with Crippen LogP contribution in [0.15, 0.2) is 60.5 Å². The molecule has 0 radical (unpaired) electrons. The lowest BCUT2D eigenvalue weighted by atomic mass is 10.1. The second-order valence-electron chi connectivity index (χ2n) is 5.07. The molecule has 23 heavy (non-hydrogen) atoms. The second-order valence-corrected chi connectivity index (χ2v) is 5.51. The minimum Gasteiger partial charge on any atom is -0.497 e. The lowest BCUT2D eigenvalue weighted by Gasteiger charge is -2.13. The van der Waals surface area contributed by atoms with Gasteiger partial charge in [0.25, 0.3) is 0 Å². The number of carbonyl (C=O) groups excluding carboxylic acids is 1. The van der Waals surface area contributed by atoms with Crippen molar-refractivity contribution in [2.45, 2.75) is 0 Å². The lowest BCUT2D eigenvalue weighted by Crippen LogP contribution is -2.14. The fourth-order valence-corrected chi connectivity index (χ4v) is 2.01. The van der Waals surface area contributed by atoms with Crippen LogP contribution < -0.4 is 9.47 Å². The molecule has 2 rings (SSSR count). The van der Waals surface area contributed by atoms with E-state index >= 15 is 0 Å². The van der Waals surface area contributed by atoms with E-state index in [0.717, 1.165) is 5.75 Å². The summed E-state index contributed by atoms with van der Waals surface area (Å²) >= 11 is 5.86. The Kier molecular flexibility index (Phi) is 5.66. The number of rotatable bonds is 6. The standard InChI is InChI=1S/C18H18ClNO3/c1-20(2)12-17(18(21)13-4-6-14(19)7-5-13)23-16-10-8-15(22-3)9-11-16/h4-12H,1-3H3/b17-12+. The van der Waals surface area contributed by atoms with E-state index < -0.39 is 0 Å². The van der Waals surface area contributed by atoms with Crippen LogP contribution in [0.2, 0.25) is 5.02 Å². The molecular formula is C18H18ClNO3. The van der Waals surface area contributed by atoms with E-state index in [9.17, 15) is 4.79 Å². The smallest absolute Gasteiger partial charge is 0.229 e. The fourth-order valence-electron chi connectivity index (χ4n) is 1.88. The summed E-state index contributed by atoms with van der Waals surface area (Å²) in [7, 11) is 5.25. The summed E-state index contributed by atoms with van der Waals surface area (Å²) in [6, 6.07) is 13.7. The zero-order valence-electron chi connectivity index (χ0n) is 13.2. The van der Waals surface area contributed by atoms with Crippen LogP contribution in [0, 0.1) is 0 Å². The molecule has 0 aliphatic carbocycles. The molecule has 0 saturated carbocycles. The molecule has 0 N–H and O–H groups in total. The number of carbonyl (C=O) groups is 1. The molecule has 0 unspecified atom stereocenters. The van der Waals surface area contributed by atoms with Crippen molar-refractivity contribution in [2.24, 2.45) is 0 Å². The molecule has 0 spiro atoms. The van der Waals surface area contributed by atoms with Crippen molar-refractivity contribution in [2.75, 3.05) is 21.2 Å². The van der Waals surface area contributed by atoms with Crippen molar-refractivity contribution in [3.8, 4) is 11.5 Å². The Bertz CT molecular complexity index is 691. The van der Waals surface area contributed by atoms with Gasteiger partial charge in [0, 0.05) is 30.9 Å². The van der Waals surface area contributed by atoms with Crippen LogP contribution in [0.4, 0.5) is 0 Å². The first kappa shape index (κ1) is 16.9. The largest absolute Gasteiger partial charge is 0.497 e. The molecule has 0 aliphatic heterocycles. The van der Waals surface area contributed by atoms with Gasteiger partial charge in [-0.2, -0.15) is 0 Å². The summed E-state index contributed by atoms with van der Waals surface area (Å²) in [5.74, 6) is 1.29. The van der Waals surface area contributed by atoms with Crippen molar-refractivity contribution in [3.63, 3.8) is 0 Å². The van der Waals surface area contributed by atoms with Crippen LogP contribution in [-0.2, 0) is 0 Å². The Balaban J connectivity index is 2.26. The van der Waals surface area contributed by atoms with Gasteiger partial charge in [-0.1, -0.05) is 11.6 Å². The Labute approximate surface area is 140 Å². The second kappa shape index (κ2) is 7.70. The van der Waals surface area contributed by atoms with Gasteiger partial charge in [-0.05, 0) is 48.5 Å². The number of halogens is 1. The maximum atomic E-state index is 12.6. The highest BCUT2D eigenvalue weighted by Crippen LogP contribution is 2.21. The van der Waals surface area contributed by atoms with Crippen molar-refractivity contribution in [3.05, 3.63) is 71.1 Å². The number of nitrogens with zero attached hydrogens (tertiary/aromatic N) is 1. The average molecular weight is 332 g/mol. The van der Waals surface area contributed by atoms with Crippen LogP contribution in [0.1, 0.15) is 10.4 Å². The summed E-state index contributed by atoms with van der Waals surface area (Å²) in [4.78, 5) is 14.4. The fraction of sp³-hybridized carbons (Fsp3) is 0.167. The quantitative estimate of drug-likeness (QED) is 0.455. The van der Waals surface area contributed by atoms with Crippen LogP contribution >= 0.6 is 11.6 Å². The van der Waals surface area contributed by atoms with E-state index in [-0.39, 0.29) is 11.5 Å². The van der Waals surface area contributed by atoms with Gasteiger partial charge in [0.05, 0.1) is 7.11 Å². The van der Waals surface area contributed by atoms with Gasteiger partial charge in [-0.15, -0.1) is 0 Å². The van der Waals surface area contributed by atoms with Crippen molar-refractivity contribution in [1.82, 2.24) is 4.90 Å². The third-order valence-corrected chi connectivity index (χ3v) is 3.24. The van der Waals surface area contributed by atoms with E-state index in [0.29, 0.717) is 16.3 Å². The number of ketones is 1. The van der Waals surface area contributed by atoms with Crippen molar-refractivity contribution >= 4 is 17.4 Å². The highest BCUT2D eigenvalue weighted by Gasteiger charge is 2.15. The number of hydrogen-bond acceptors (Lipinski definition) is 4. The summed E-state index contributed by atoms with van der Waals surface area (Å²) in [5, 5.41) is 0.579. The average Bonchev–Trinajstić information content (AvgIpc) is 2.54. The highest BCUT2D eigenvalue weighted by atomic mass is 35.5. The summed E-state index contributed by atoms with van der Waals surface area (Å²) in [6.07, 6.45) is 1.64. The summed E-state index contributed by atoms with van der Waals surface area (Å²) in [5.41, 5.74) is 0.510. The Morgan fingerprint density at radius 3 is 2.09 bits per heavy atom. The van der Waals surface area contributed by atoms with Gasteiger partial charge in [0.1, 0.15) is 11.5 Å². The number of ether oxygens (including phenoxy) is 2. The monoisotopic (exact) mass is 331 g/mol. The molecular weight excluding hydrogens is 314 g/mol. The molecule has 0 bridgehead atoms. The number of benzene rings is 2. The molecule has 0 atom stereocenters. The van der Waals surface area contributed by atoms with Gasteiger partial charge in [-0.3, -0.25) is 4.79 Å². The Hall–Kier alpha value is -2.46. The van der Waals surface area contributed by atoms with Crippen LogP contribution in [0.3, 0.4) is 0 Å². The number of Topliss-reactive ketones (excluding diaryl/α,β-unsaturated/α-hetero) is 1. The van der Waals surface area contributed by atoms with Gasteiger partial charge in [-0.25, -0.2) is 0 Å². The van der Waals surface area contributed by atoms with E-state index in [2.05, 4.69) is 0 Å². The third kappa shape index (κ3) is 4.76. The first-order valence-electron chi connectivity index (χ1n) is 7.00. The summed E-state index contributed by atoms with van der Waals surface area (Å²) in [6.45, 7) is 0. The van der Waals surface area contributed by atoms with Crippen LogP contribution in [0.5, 0.6) is 11.5 Å². The van der Waals surface area contributed by atoms with Crippen LogP contribution in [0.25, 0.3) is 0 Å². The third-order valence-electron chi connectivity index (χ3n) is 2.99. The van der Waals surface area contributed by atoms with Crippen molar-refractivity contribution in [1.29, 1.82) is 0 Å². The Morgan fingerprint density at radius 1 is 1.00 bits per heavy atom. The SMILES string of the molecule is COc1ccc(O/C(=C/N(C)C)C(=O)c2ccc(Cl)cc2)cc1. The highest BCUT2D eigenvalue weighted by molar-refractivity contribution is 6.30. The molecule has 0 saturated heterocycles. The van der Waals surface area contributed by atoms with E-state index in [1.165, 1.54) is 0 Å². The molecule has 0 amide bonds. The topological polar surface area (TPSA) is 38.8 Å². The van der Waals surface area contributed by atoms with Gasteiger partial charge >= 0.3 is 0 Å². The number of hydrogen-bond donors (Lipinski definition) is 0. The predicted octanol–water partition coefficient (Wildman–Crippen LogP) is 4.01. The molecule has 5 heteroatoms. The zero-order chi connectivity index (χ0) is 16.8. The first-order chi connectivity index (χ1) is 11.0. The molecule has 0 fully saturated rings. The molecule has 2 aromatic rings. The lowest BCUT2D eigenvalue weighted by molar-refractivity contribution is 0.0982. The van der Waals surface area contributed by atoms with Gasteiger partial charge in [0.2, 0.25) is 5.78 Å².